The summed E-state index contributed by atoms with van der Waals surface area (Å²) in [5.74, 6) is 3.18. The van der Waals surface area contributed by atoms with Gasteiger partial charge in [-0.25, -0.2) is 9.59 Å². The van der Waals surface area contributed by atoms with Gasteiger partial charge in [0.15, 0.2) is 0 Å². The van der Waals surface area contributed by atoms with Crippen molar-refractivity contribution in [2.24, 2.45) is 50.7 Å². The molecule has 1 aromatic rings. The molecule has 49 heavy (non-hydrogen) atoms. The zero-order valence-corrected chi connectivity index (χ0v) is 31.5. The summed E-state index contributed by atoms with van der Waals surface area (Å²) in [5.41, 5.74) is 3.91. The second kappa shape index (κ2) is 12.8. The number of aromatic carboxylic acids is 1. The third-order valence-corrected chi connectivity index (χ3v) is 17.3. The third kappa shape index (κ3) is 5.74. The standard InChI is InChI=1S/C41H60N2O5S/c1-37(2)30(28-8-10-29(11-9-28)35(44)45)14-17-38(3)33(37)15-18-40(5)34(38)13-12-31-32-7-6-16-41(32,20-19-39(31,40)4)27-42-36(46)48-24-21-43-22-25-49(47)26-23-43/h8-11,14,31-34H,6-7,12-13,15-27H2,1-5H3,(H,42,46)(H,44,45)/t31?,32?,33?,34?,38?,39-,40?,41?/m1/s1. The van der Waals surface area contributed by atoms with Gasteiger partial charge in [-0.3, -0.25) is 9.11 Å². The van der Waals surface area contributed by atoms with E-state index in [0.717, 1.165) is 37.6 Å². The van der Waals surface area contributed by atoms with Gasteiger partial charge in [-0.05, 0) is 132 Å². The Hall–Kier alpha value is -2.19. The van der Waals surface area contributed by atoms with Gasteiger partial charge < -0.3 is 15.2 Å². The van der Waals surface area contributed by atoms with E-state index in [1.54, 1.807) is 12.1 Å². The first kappa shape index (κ1) is 35.2. The summed E-state index contributed by atoms with van der Waals surface area (Å²) in [7, 11) is -0.691. The number of fused-ring (bicyclic) bond motifs is 7. The van der Waals surface area contributed by atoms with Gasteiger partial charge in [0.05, 0.1) is 5.56 Å². The molecule has 1 aromatic carbocycles. The summed E-state index contributed by atoms with van der Waals surface area (Å²) >= 11 is 0. The molecule has 5 aliphatic carbocycles. The quantitative estimate of drug-likeness (QED) is 0.301. The first-order valence-electron chi connectivity index (χ1n) is 19.3. The number of hydrogen-bond acceptors (Lipinski definition) is 5. The van der Waals surface area contributed by atoms with Crippen LogP contribution in [0.5, 0.6) is 0 Å². The highest BCUT2D eigenvalue weighted by Gasteiger charge is 2.69. The van der Waals surface area contributed by atoms with Crippen LogP contribution in [0, 0.1) is 50.7 Å². The number of benzene rings is 1. The molecule has 8 atom stereocenters. The van der Waals surface area contributed by atoms with Gasteiger partial charge in [-0.1, -0.05) is 59.2 Å². The Kier molecular flexibility index (Phi) is 9.19. The molecule has 1 heterocycles. The summed E-state index contributed by atoms with van der Waals surface area (Å²) in [5, 5.41) is 12.7. The topological polar surface area (TPSA) is 95.9 Å². The highest BCUT2D eigenvalue weighted by Crippen LogP contribution is 2.77. The summed E-state index contributed by atoms with van der Waals surface area (Å²) in [6.45, 7) is 16.4. The molecule has 270 valence electrons. The first-order chi connectivity index (χ1) is 23.2. The second-order valence-corrected chi connectivity index (χ2v) is 19.8. The smallest absolute Gasteiger partial charge is 0.407 e. The number of allylic oxidation sites excluding steroid dienone is 2. The number of ether oxygens (including phenoxy) is 1. The molecule has 5 fully saturated rings. The summed E-state index contributed by atoms with van der Waals surface area (Å²) in [6, 6.07) is 7.55. The van der Waals surface area contributed by atoms with E-state index in [1.807, 2.05) is 12.1 Å². The minimum atomic E-state index is -0.872. The maximum atomic E-state index is 12.9. The number of hydrogen-bond donors (Lipinski definition) is 2. The Balaban J connectivity index is 1.04. The largest absolute Gasteiger partial charge is 0.478 e. The van der Waals surface area contributed by atoms with Crippen LogP contribution in [0.25, 0.3) is 5.57 Å². The van der Waals surface area contributed by atoms with Crippen LogP contribution in [0.4, 0.5) is 4.79 Å². The Morgan fingerprint density at radius 2 is 1.63 bits per heavy atom. The van der Waals surface area contributed by atoms with Gasteiger partial charge in [0.1, 0.15) is 6.61 Å². The number of nitrogens with one attached hydrogen (secondary N) is 1. The van der Waals surface area contributed by atoms with E-state index in [0.29, 0.717) is 47.8 Å². The van der Waals surface area contributed by atoms with Crippen molar-refractivity contribution in [2.45, 2.75) is 98.8 Å². The molecule has 8 heteroatoms. The van der Waals surface area contributed by atoms with Crippen molar-refractivity contribution in [1.82, 2.24) is 10.2 Å². The molecular formula is C41H60N2O5S. The van der Waals surface area contributed by atoms with E-state index in [1.165, 1.54) is 68.9 Å². The van der Waals surface area contributed by atoms with Gasteiger partial charge in [0, 0.05) is 48.5 Å². The molecule has 4 saturated carbocycles. The van der Waals surface area contributed by atoms with E-state index < -0.39 is 16.8 Å². The molecule has 6 aliphatic rings. The Morgan fingerprint density at radius 1 is 0.898 bits per heavy atom. The number of carbonyl (C=O) groups excluding carboxylic acids is 1. The van der Waals surface area contributed by atoms with Crippen molar-refractivity contribution in [3.63, 3.8) is 0 Å². The lowest BCUT2D eigenvalue weighted by Gasteiger charge is -2.72. The van der Waals surface area contributed by atoms with Crippen LogP contribution in [-0.2, 0) is 15.5 Å². The van der Waals surface area contributed by atoms with Crippen molar-refractivity contribution in [3.05, 3.63) is 41.5 Å². The van der Waals surface area contributed by atoms with Crippen molar-refractivity contribution >= 4 is 28.4 Å². The van der Waals surface area contributed by atoms with Crippen LogP contribution in [0.1, 0.15) is 115 Å². The summed E-state index contributed by atoms with van der Waals surface area (Å²) in [4.78, 5) is 26.7. The molecule has 7 rings (SSSR count). The number of nitrogens with zero attached hydrogens (tertiary/aromatic N) is 1. The number of alkyl carbamates (subject to hydrolysis) is 1. The predicted octanol–water partition coefficient (Wildman–Crippen LogP) is 8.02. The number of carbonyl (C=O) groups is 2. The normalized spacial score (nSPS) is 40.2. The molecule has 7 nitrogen and oxygen atoms in total. The highest BCUT2D eigenvalue weighted by atomic mass is 32.2. The van der Waals surface area contributed by atoms with Gasteiger partial charge in [-0.15, -0.1) is 0 Å². The third-order valence-electron chi connectivity index (χ3n) is 16.1. The van der Waals surface area contributed by atoms with Crippen LogP contribution in [-0.4, -0.2) is 70.6 Å². The van der Waals surface area contributed by atoms with Crippen molar-refractivity contribution < 1.29 is 23.6 Å². The molecule has 0 radical (unpaired) electrons. The molecule has 7 unspecified atom stereocenters. The lowest BCUT2D eigenvalue weighted by Crippen LogP contribution is -2.65. The number of carboxylic acids is 1. The molecule has 0 aromatic heterocycles. The molecule has 1 aliphatic heterocycles. The Morgan fingerprint density at radius 3 is 2.35 bits per heavy atom. The fraction of sp³-hybridized carbons (Fsp3) is 0.756. The lowest BCUT2D eigenvalue weighted by atomic mass is 9.32. The monoisotopic (exact) mass is 692 g/mol. The maximum Gasteiger partial charge on any atom is 0.407 e. The number of carboxylic acid groups (broad SMARTS) is 1. The first-order valence-corrected chi connectivity index (χ1v) is 20.7. The average molecular weight is 693 g/mol. The van der Waals surface area contributed by atoms with Crippen LogP contribution in [0.2, 0.25) is 0 Å². The number of amides is 1. The molecule has 2 N–H and O–H groups in total. The van der Waals surface area contributed by atoms with E-state index in [2.05, 4.69) is 50.9 Å². The minimum absolute atomic E-state index is 0.0122. The Bertz CT molecular complexity index is 1500. The van der Waals surface area contributed by atoms with E-state index in [-0.39, 0.29) is 27.8 Å². The van der Waals surface area contributed by atoms with Crippen molar-refractivity contribution in [2.75, 3.05) is 44.3 Å². The van der Waals surface area contributed by atoms with Crippen molar-refractivity contribution in [3.8, 4) is 0 Å². The van der Waals surface area contributed by atoms with Crippen molar-refractivity contribution in [1.29, 1.82) is 0 Å². The SMILES string of the molecule is CC1(C)C(c2ccc(C(=O)O)cc2)=CCC2(C)C1CCC1(C)C2CCC2C3CCCC3(CNC(=O)OCCN3CCS(=O)CC3)CC[C@]21C. The molecule has 1 saturated heterocycles. The van der Waals surface area contributed by atoms with Crippen LogP contribution < -0.4 is 5.32 Å². The van der Waals surface area contributed by atoms with Gasteiger partial charge in [0.25, 0.3) is 0 Å². The van der Waals surface area contributed by atoms with Gasteiger partial charge in [-0.2, -0.15) is 0 Å². The zero-order chi connectivity index (χ0) is 34.8. The van der Waals surface area contributed by atoms with Crippen LogP contribution in [0.3, 0.4) is 0 Å². The maximum absolute atomic E-state index is 12.9. The lowest BCUT2D eigenvalue weighted by molar-refractivity contribution is -0.222. The van der Waals surface area contributed by atoms with E-state index in [9.17, 15) is 18.9 Å². The van der Waals surface area contributed by atoms with Gasteiger partial charge >= 0.3 is 12.1 Å². The van der Waals surface area contributed by atoms with E-state index in [4.69, 9.17) is 4.74 Å². The molecule has 0 bridgehead atoms. The van der Waals surface area contributed by atoms with E-state index >= 15 is 0 Å². The van der Waals surface area contributed by atoms with Gasteiger partial charge in [0.2, 0.25) is 0 Å². The molecule has 1 amide bonds. The zero-order valence-electron chi connectivity index (χ0n) is 30.7. The second-order valence-electron chi connectivity index (χ2n) is 18.1. The summed E-state index contributed by atoms with van der Waals surface area (Å²) < 4.78 is 17.3. The fourth-order valence-corrected chi connectivity index (χ4v) is 14.5. The fourth-order valence-electron chi connectivity index (χ4n) is 13.4. The van der Waals surface area contributed by atoms with Crippen LogP contribution in [0.15, 0.2) is 30.3 Å². The molecule has 0 spiro atoms. The number of rotatable bonds is 7. The average Bonchev–Trinajstić information content (AvgIpc) is 3.49. The molecular weight excluding hydrogens is 633 g/mol. The minimum Gasteiger partial charge on any atom is -0.478 e. The summed E-state index contributed by atoms with van der Waals surface area (Å²) in [6.07, 6.45) is 14.6. The Labute approximate surface area is 296 Å². The van der Waals surface area contributed by atoms with Crippen LogP contribution >= 0.6 is 0 Å². The predicted molar refractivity (Wildman–Crippen MR) is 196 cm³/mol. The highest BCUT2D eigenvalue weighted by molar-refractivity contribution is 7.85.